The second-order valence-corrected chi connectivity index (χ2v) is 8.29. The molecule has 1 saturated heterocycles. The minimum Gasteiger partial charge on any atom is -0.508 e. The number of aliphatic hydroxyl groups excluding tert-OH is 1. The lowest BCUT2D eigenvalue weighted by Crippen LogP contribution is -2.29. The Morgan fingerprint density at radius 2 is 1.72 bits per heavy atom. The molecule has 1 aliphatic heterocycles. The van der Waals surface area contributed by atoms with E-state index >= 15 is 0 Å². The summed E-state index contributed by atoms with van der Waals surface area (Å²) in [6.07, 6.45) is 0. The number of Topliss-reactive ketones (excluding diaryl/α,β-unsaturated/α-hetero) is 1. The number of aromatic hydroxyl groups is 1. The smallest absolute Gasteiger partial charge is 0.338 e. The molecule has 3 aromatic rings. The Kier molecular flexibility index (Phi) is 6.98. The molecule has 1 amide bonds. The minimum atomic E-state index is -1.06. The fourth-order valence-electron chi connectivity index (χ4n) is 4.04. The molecule has 0 saturated carbocycles. The van der Waals surface area contributed by atoms with Gasteiger partial charge in [-0.1, -0.05) is 23.7 Å². The first-order valence-electron chi connectivity index (χ1n) is 11.0. The summed E-state index contributed by atoms with van der Waals surface area (Å²) in [5.74, 6) is -2.55. The minimum absolute atomic E-state index is 0.0797. The Labute approximate surface area is 211 Å². The normalized spacial score (nSPS) is 16.8. The zero-order chi connectivity index (χ0) is 26.0. The van der Waals surface area contributed by atoms with Crippen molar-refractivity contribution in [2.24, 2.45) is 0 Å². The Morgan fingerprint density at radius 3 is 2.36 bits per heavy atom. The van der Waals surface area contributed by atoms with Crippen LogP contribution < -0.4 is 9.64 Å². The molecule has 8 nitrogen and oxygen atoms in total. The second-order valence-electron chi connectivity index (χ2n) is 7.88. The fraction of sp³-hybridized carbons (Fsp3) is 0.148. The van der Waals surface area contributed by atoms with Crippen molar-refractivity contribution in [2.45, 2.75) is 13.0 Å². The third-order valence-corrected chi connectivity index (χ3v) is 6.02. The van der Waals surface area contributed by atoms with Crippen molar-refractivity contribution >= 4 is 40.7 Å². The van der Waals surface area contributed by atoms with Crippen LogP contribution in [-0.4, -0.2) is 41.6 Å². The lowest BCUT2D eigenvalue weighted by atomic mass is 9.95. The zero-order valence-corrected chi connectivity index (χ0v) is 20.2. The van der Waals surface area contributed by atoms with E-state index in [-0.39, 0.29) is 34.8 Å². The molecule has 0 aromatic heterocycles. The maximum Gasteiger partial charge on any atom is 0.338 e. The van der Waals surface area contributed by atoms with Gasteiger partial charge in [-0.2, -0.15) is 0 Å². The summed E-state index contributed by atoms with van der Waals surface area (Å²) in [5.41, 5.74) is 1.03. The van der Waals surface area contributed by atoms with Gasteiger partial charge in [0.1, 0.15) is 17.3 Å². The number of ketones is 1. The summed E-state index contributed by atoms with van der Waals surface area (Å²) in [6.45, 7) is 1.90. The summed E-state index contributed by atoms with van der Waals surface area (Å²) in [4.78, 5) is 39.8. The standard InChI is InChI=1S/C27H22ClNO7/c1-3-36-27(34)15-7-10-18(11-8-15)29-23(16-5-4-6-19(30)13-16)22(25(32)26(29)33)24(31)17-9-12-20(28)21(14-17)35-2/h4-14,23,30-31H,3H2,1-2H3/b24-22-. The Hall–Kier alpha value is -4.30. The van der Waals surface area contributed by atoms with E-state index < -0.39 is 29.5 Å². The SMILES string of the molecule is CCOC(=O)c1ccc(N2C(=O)C(=O)/C(=C(\O)c3ccc(Cl)c(OC)c3)C2c2cccc(O)c2)cc1. The lowest BCUT2D eigenvalue weighted by molar-refractivity contribution is -0.132. The van der Waals surface area contributed by atoms with Crippen LogP contribution in [0.4, 0.5) is 5.69 Å². The molecule has 0 bridgehead atoms. The number of rotatable bonds is 6. The van der Waals surface area contributed by atoms with Gasteiger partial charge in [-0.3, -0.25) is 14.5 Å². The van der Waals surface area contributed by atoms with E-state index in [0.29, 0.717) is 16.3 Å². The lowest BCUT2D eigenvalue weighted by Gasteiger charge is -2.25. The van der Waals surface area contributed by atoms with Gasteiger partial charge in [0, 0.05) is 11.3 Å². The average Bonchev–Trinajstić information content (AvgIpc) is 3.14. The van der Waals surface area contributed by atoms with Crippen LogP contribution in [0.25, 0.3) is 5.76 Å². The third kappa shape index (κ3) is 4.50. The van der Waals surface area contributed by atoms with Crippen LogP contribution in [0.1, 0.15) is 34.5 Å². The van der Waals surface area contributed by atoms with Crippen molar-refractivity contribution in [3.63, 3.8) is 0 Å². The molecular weight excluding hydrogens is 486 g/mol. The number of halogens is 1. The van der Waals surface area contributed by atoms with Crippen LogP contribution in [0.3, 0.4) is 0 Å². The Balaban J connectivity index is 1.88. The highest BCUT2D eigenvalue weighted by Gasteiger charge is 2.47. The van der Waals surface area contributed by atoms with E-state index in [1.165, 1.54) is 66.6 Å². The van der Waals surface area contributed by atoms with Crippen molar-refractivity contribution in [1.29, 1.82) is 0 Å². The quantitative estimate of drug-likeness (QED) is 0.212. The number of amides is 1. The number of benzene rings is 3. The van der Waals surface area contributed by atoms with Gasteiger partial charge in [0.15, 0.2) is 0 Å². The van der Waals surface area contributed by atoms with Crippen LogP contribution in [0.2, 0.25) is 5.02 Å². The van der Waals surface area contributed by atoms with E-state index in [0.717, 1.165) is 0 Å². The highest BCUT2D eigenvalue weighted by molar-refractivity contribution is 6.51. The van der Waals surface area contributed by atoms with E-state index in [9.17, 15) is 24.6 Å². The number of methoxy groups -OCH3 is 1. The Bertz CT molecular complexity index is 1380. The molecule has 36 heavy (non-hydrogen) atoms. The predicted molar refractivity (Wildman–Crippen MR) is 133 cm³/mol. The number of aliphatic hydroxyl groups is 1. The van der Waals surface area contributed by atoms with Crippen molar-refractivity contribution in [3.8, 4) is 11.5 Å². The number of hydrogen-bond donors (Lipinski definition) is 2. The van der Waals surface area contributed by atoms with Gasteiger partial charge in [-0.15, -0.1) is 0 Å². The summed E-state index contributed by atoms with van der Waals surface area (Å²) in [6, 6.07) is 15.4. The van der Waals surface area contributed by atoms with Crippen LogP contribution in [-0.2, 0) is 14.3 Å². The molecule has 0 radical (unpaired) electrons. The van der Waals surface area contributed by atoms with Crippen molar-refractivity contribution in [3.05, 3.63) is 94.0 Å². The van der Waals surface area contributed by atoms with E-state index in [4.69, 9.17) is 21.1 Å². The van der Waals surface area contributed by atoms with Gasteiger partial charge in [0.25, 0.3) is 11.7 Å². The summed E-state index contributed by atoms with van der Waals surface area (Å²) in [5, 5.41) is 21.6. The molecule has 3 aromatic carbocycles. The second kappa shape index (κ2) is 10.1. The van der Waals surface area contributed by atoms with Crippen LogP contribution in [0, 0.1) is 0 Å². The molecule has 1 unspecified atom stereocenters. The maximum absolute atomic E-state index is 13.3. The Morgan fingerprint density at radius 1 is 1.03 bits per heavy atom. The highest BCUT2D eigenvalue weighted by Crippen LogP contribution is 2.43. The molecule has 0 spiro atoms. The predicted octanol–water partition coefficient (Wildman–Crippen LogP) is 4.86. The number of anilines is 1. The first-order chi connectivity index (χ1) is 17.3. The number of nitrogens with zero attached hydrogens (tertiary/aromatic N) is 1. The third-order valence-electron chi connectivity index (χ3n) is 5.71. The topological polar surface area (TPSA) is 113 Å². The van der Waals surface area contributed by atoms with Gasteiger partial charge in [0.05, 0.1) is 35.9 Å². The molecular formula is C27H22ClNO7. The molecule has 1 heterocycles. The van der Waals surface area contributed by atoms with Gasteiger partial charge in [0.2, 0.25) is 0 Å². The van der Waals surface area contributed by atoms with Crippen molar-refractivity contribution < 1.29 is 34.1 Å². The molecule has 1 aliphatic rings. The van der Waals surface area contributed by atoms with Crippen LogP contribution in [0.15, 0.2) is 72.3 Å². The van der Waals surface area contributed by atoms with E-state index in [2.05, 4.69) is 0 Å². The average molecular weight is 508 g/mol. The van der Waals surface area contributed by atoms with Crippen LogP contribution in [0.5, 0.6) is 11.5 Å². The summed E-state index contributed by atoms with van der Waals surface area (Å²) >= 11 is 6.10. The van der Waals surface area contributed by atoms with Crippen LogP contribution >= 0.6 is 11.6 Å². The monoisotopic (exact) mass is 507 g/mol. The molecule has 1 fully saturated rings. The van der Waals surface area contributed by atoms with Crippen molar-refractivity contribution in [2.75, 3.05) is 18.6 Å². The maximum atomic E-state index is 13.3. The number of esters is 1. The molecule has 9 heteroatoms. The summed E-state index contributed by atoms with van der Waals surface area (Å²) < 4.78 is 10.2. The first kappa shape index (κ1) is 24.8. The largest absolute Gasteiger partial charge is 0.508 e. The number of carbonyl (C=O) groups is 3. The number of carbonyl (C=O) groups excluding carboxylic acids is 3. The van der Waals surface area contributed by atoms with E-state index in [1.54, 1.807) is 19.1 Å². The molecule has 0 aliphatic carbocycles. The van der Waals surface area contributed by atoms with Gasteiger partial charge in [-0.05, 0) is 67.1 Å². The number of ether oxygens (including phenoxy) is 2. The highest BCUT2D eigenvalue weighted by atomic mass is 35.5. The zero-order valence-electron chi connectivity index (χ0n) is 19.4. The first-order valence-corrected chi connectivity index (χ1v) is 11.4. The van der Waals surface area contributed by atoms with Gasteiger partial charge >= 0.3 is 5.97 Å². The number of hydrogen-bond acceptors (Lipinski definition) is 7. The fourth-order valence-corrected chi connectivity index (χ4v) is 4.24. The summed E-state index contributed by atoms with van der Waals surface area (Å²) in [7, 11) is 1.41. The number of phenols is 1. The molecule has 184 valence electrons. The van der Waals surface area contributed by atoms with E-state index in [1.807, 2.05) is 0 Å². The van der Waals surface area contributed by atoms with Gasteiger partial charge < -0.3 is 19.7 Å². The number of phenolic OH excluding ortho intramolecular Hbond substituents is 1. The van der Waals surface area contributed by atoms with Gasteiger partial charge in [-0.25, -0.2) is 4.79 Å². The van der Waals surface area contributed by atoms with Crippen molar-refractivity contribution in [1.82, 2.24) is 0 Å². The molecule has 2 N–H and O–H groups in total. The molecule has 1 atom stereocenters. The molecule has 4 rings (SSSR count).